The highest BCUT2D eigenvalue weighted by Gasteiger charge is 2.09. The minimum Gasteiger partial charge on any atom is -0.480 e. The highest BCUT2D eigenvalue weighted by molar-refractivity contribution is 5.76. The van der Waals surface area contributed by atoms with Crippen LogP contribution in [-0.4, -0.2) is 17.1 Å². The molecule has 0 amide bonds. The van der Waals surface area contributed by atoms with Crippen LogP contribution in [0.2, 0.25) is 0 Å². The molecular formula is C12H17NO2. The first kappa shape index (κ1) is 11.6. The van der Waals surface area contributed by atoms with Crippen molar-refractivity contribution in [3.8, 4) is 0 Å². The molecule has 3 heteroatoms. The van der Waals surface area contributed by atoms with E-state index in [1.165, 1.54) is 5.56 Å². The van der Waals surface area contributed by atoms with Crippen LogP contribution >= 0.6 is 0 Å². The summed E-state index contributed by atoms with van der Waals surface area (Å²) < 4.78 is 0. The van der Waals surface area contributed by atoms with Gasteiger partial charge in [-0.2, -0.15) is 0 Å². The Kier molecular flexibility index (Phi) is 3.72. The minimum atomic E-state index is -0.845. The molecule has 0 saturated heterocycles. The number of aliphatic carboxylic acids is 1. The molecule has 0 bridgehead atoms. The maximum Gasteiger partial charge on any atom is 0.325 e. The second-order valence-corrected chi connectivity index (χ2v) is 3.98. The number of hydrogen-bond acceptors (Lipinski definition) is 2. The van der Waals surface area contributed by atoms with Gasteiger partial charge in [0.25, 0.3) is 0 Å². The van der Waals surface area contributed by atoms with Crippen LogP contribution in [0.15, 0.2) is 24.3 Å². The van der Waals surface area contributed by atoms with E-state index in [0.29, 0.717) is 5.92 Å². The summed E-state index contributed by atoms with van der Waals surface area (Å²) in [6.07, 6.45) is 0. The lowest BCUT2D eigenvalue weighted by Gasteiger charge is -2.12. The largest absolute Gasteiger partial charge is 0.480 e. The van der Waals surface area contributed by atoms with Gasteiger partial charge < -0.3 is 10.4 Å². The summed E-state index contributed by atoms with van der Waals surface area (Å²) in [5.41, 5.74) is 2.10. The van der Waals surface area contributed by atoms with Crippen molar-refractivity contribution in [2.75, 3.05) is 5.32 Å². The van der Waals surface area contributed by atoms with Crippen LogP contribution in [0.5, 0.6) is 0 Å². The Labute approximate surface area is 90.1 Å². The van der Waals surface area contributed by atoms with Gasteiger partial charge in [0.2, 0.25) is 0 Å². The molecule has 0 spiro atoms. The molecule has 1 rings (SSSR count). The zero-order valence-corrected chi connectivity index (χ0v) is 9.32. The number of hydrogen-bond donors (Lipinski definition) is 2. The molecule has 0 aromatic heterocycles. The molecule has 0 radical (unpaired) electrons. The van der Waals surface area contributed by atoms with E-state index in [4.69, 9.17) is 5.11 Å². The quantitative estimate of drug-likeness (QED) is 0.798. The maximum absolute atomic E-state index is 10.6. The molecule has 1 aromatic rings. The predicted octanol–water partition coefficient (Wildman–Crippen LogP) is 2.70. The Balaban J connectivity index is 2.68. The zero-order chi connectivity index (χ0) is 11.4. The summed E-state index contributed by atoms with van der Waals surface area (Å²) in [6.45, 7) is 5.88. The van der Waals surface area contributed by atoms with Gasteiger partial charge >= 0.3 is 5.97 Å². The van der Waals surface area contributed by atoms with Crippen molar-refractivity contribution < 1.29 is 9.90 Å². The Morgan fingerprint density at radius 3 is 2.13 bits per heavy atom. The zero-order valence-electron chi connectivity index (χ0n) is 9.32. The van der Waals surface area contributed by atoms with Gasteiger partial charge in [-0.1, -0.05) is 26.0 Å². The number of carboxylic acids is 1. The molecule has 0 fully saturated rings. The van der Waals surface area contributed by atoms with E-state index in [2.05, 4.69) is 19.2 Å². The molecule has 2 N–H and O–H groups in total. The average Bonchev–Trinajstić information content (AvgIpc) is 2.18. The highest BCUT2D eigenvalue weighted by Crippen LogP contribution is 2.17. The standard InChI is InChI=1S/C12H17NO2/c1-8(2)10-4-6-11(7-5-10)13-9(3)12(14)15/h4-9,13H,1-3H3,(H,14,15). The summed E-state index contributed by atoms with van der Waals surface area (Å²) in [7, 11) is 0. The fourth-order valence-corrected chi connectivity index (χ4v) is 1.28. The number of benzene rings is 1. The smallest absolute Gasteiger partial charge is 0.325 e. The first-order chi connectivity index (χ1) is 7.00. The molecular weight excluding hydrogens is 190 g/mol. The lowest BCUT2D eigenvalue weighted by molar-refractivity contribution is -0.137. The van der Waals surface area contributed by atoms with Crippen molar-refractivity contribution >= 4 is 11.7 Å². The molecule has 1 unspecified atom stereocenters. The van der Waals surface area contributed by atoms with Gasteiger partial charge in [0.15, 0.2) is 0 Å². The van der Waals surface area contributed by atoms with Gasteiger partial charge in [0.1, 0.15) is 6.04 Å². The van der Waals surface area contributed by atoms with Crippen LogP contribution in [0.4, 0.5) is 5.69 Å². The van der Waals surface area contributed by atoms with Crippen molar-refractivity contribution in [1.82, 2.24) is 0 Å². The summed E-state index contributed by atoms with van der Waals surface area (Å²) in [6, 6.07) is 7.29. The van der Waals surface area contributed by atoms with Gasteiger partial charge in [-0.25, -0.2) is 0 Å². The van der Waals surface area contributed by atoms with E-state index in [-0.39, 0.29) is 0 Å². The molecule has 1 aromatic carbocycles. The number of rotatable bonds is 4. The van der Waals surface area contributed by atoms with Crippen molar-refractivity contribution in [3.63, 3.8) is 0 Å². The van der Waals surface area contributed by atoms with E-state index < -0.39 is 12.0 Å². The molecule has 3 nitrogen and oxygen atoms in total. The van der Waals surface area contributed by atoms with Crippen molar-refractivity contribution in [2.45, 2.75) is 32.7 Å². The van der Waals surface area contributed by atoms with Gasteiger partial charge in [-0.05, 0) is 30.5 Å². The average molecular weight is 207 g/mol. The molecule has 0 aliphatic heterocycles. The Bertz CT molecular complexity index is 330. The Hall–Kier alpha value is -1.51. The van der Waals surface area contributed by atoms with Crippen LogP contribution in [0.1, 0.15) is 32.3 Å². The highest BCUT2D eigenvalue weighted by atomic mass is 16.4. The molecule has 15 heavy (non-hydrogen) atoms. The van der Waals surface area contributed by atoms with Crippen LogP contribution in [-0.2, 0) is 4.79 Å². The number of nitrogens with one attached hydrogen (secondary N) is 1. The first-order valence-electron chi connectivity index (χ1n) is 5.10. The van der Waals surface area contributed by atoms with Crippen molar-refractivity contribution in [3.05, 3.63) is 29.8 Å². The molecule has 82 valence electrons. The molecule has 0 saturated carbocycles. The van der Waals surface area contributed by atoms with E-state index in [1.807, 2.05) is 24.3 Å². The van der Waals surface area contributed by atoms with E-state index in [9.17, 15) is 4.79 Å². The maximum atomic E-state index is 10.6. The molecule has 0 aliphatic rings. The summed E-state index contributed by atoms with van der Waals surface area (Å²) in [4.78, 5) is 10.6. The minimum absolute atomic E-state index is 0.496. The van der Waals surface area contributed by atoms with Crippen LogP contribution < -0.4 is 5.32 Å². The number of anilines is 1. The Morgan fingerprint density at radius 2 is 1.73 bits per heavy atom. The predicted molar refractivity (Wildman–Crippen MR) is 61.3 cm³/mol. The van der Waals surface area contributed by atoms with Crippen LogP contribution in [0.25, 0.3) is 0 Å². The van der Waals surface area contributed by atoms with Crippen molar-refractivity contribution in [1.29, 1.82) is 0 Å². The van der Waals surface area contributed by atoms with E-state index >= 15 is 0 Å². The van der Waals surface area contributed by atoms with Gasteiger partial charge in [0, 0.05) is 5.69 Å². The second kappa shape index (κ2) is 4.82. The fraction of sp³-hybridized carbons (Fsp3) is 0.417. The van der Waals surface area contributed by atoms with Gasteiger partial charge in [-0.3, -0.25) is 4.79 Å². The lowest BCUT2D eigenvalue weighted by atomic mass is 10.0. The van der Waals surface area contributed by atoms with E-state index in [0.717, 1.165) is 5.69 Å². The lowest BCUT2D eigenvalue weighted by Crippen LogP contribution is -2.25. The second-order valence-electron chi connectivity index (χ2n) is 3.98. The topological polar surface area (TPSA) is 49.3 Å². The summed E-state index contributed by atoms with van der Waals surface area (Å²) in [5.74, 6) is -0.348. The third-order valence-electron chi connectivity index (χ3n) is 2.33. The third kappa shape index (κ3) is 3.27. The number of carbonyl (C=O) groups is 1. The monoisotopic (exact) mass is 207 g/mol. The van der Waals surface area contributed by atoms with E-state index in [1.54, 1.807) is 6.92 Å². The number of carboxylic acid groups (broad SMARTS) is 1. The summed E-state index contributed by atoms with van der Waals surface area (Å²) in [5, 5.41) is 11.6. The van der Waals surface area contributed by atoms with Crippen molar-refractivity contribution in [2.24, 2.45) is 0 Å². The SMILES string of the molecule is CC(Nc1ccc(C(C)C)cc1)C(=O)O. The molecule has 0 aliphatic carbocycles. The summed E-state index contributed by atoms with van der Waals surface area (Å²) >= 11 is 0. The normalized spacial score (nSPS) is 12.5. The Morgan fingerprint density at radius 1 is 1.20 bits per heavy atom. The third-order valence-corrected chi connectivity index (χ3v) is 2.33. The van der Waals surface area contributed by atoms with Crippen LogP contribution in [0, 0.1) is 0 Å². The van der Waals surface area contributed by atoms with Crippen LogP contribution in [0.3, 0.4) is 0 Å². The van der Waals surface area contributed by atoms with Gasteiger partial charge in [0.05, 0.1) is 0 Å². The molecule has 1 atom stereocenters. The first-order valence-corrected chi connectivity index (χ1v) is 5.10. The fourth-order valence-electron chi connectivity index (χ4n) is 1.28. The van der Waals surface area contributed by atoms with Gasteiger partial charge in [-0.15, -0.1) is 0 Å². The molecule has 0 heterocycles.